The maximum Gasteiger partial charge on any atom is 0.262 e. The lowest BCUT2D eigenvalue weighted by molar-refractivity contribution is 0.520. The number of hydrogen-bond donors (Lipinski definition) is 1. The maximum absolute atomic E-state index is 13.1. The number of rotatable bonds is 6. The van der Waals surface area contributed by atoms with Crippen LogP contribution in [-0.2, 0) is 20.0 Å². The summed E-state index contributed by atoms with van der Waals surface area (Å²) in [6, 6.07) is 10.6. The molecule has 9 nitrogen and oxygen atoms in total. The second kappa shape index (κ2) is 8.13. The zero-order valence-corrected chi connectivity index (χ0v) is 19.0. The van der Waals surface area contributed by atoms with Crippen molar-refractivity contribution in [2.24, 2.45) is 0 Å². The average Bonchev–Trinajstić information content (AvgIpc) is 3.22. The third-order valence-corrected chi connectivity index (χ3v) is 8.56. The summed E-state index contributed by atoms with van der Waals surface area (Å²) < 4.78 is 56.2. The van der Waals surface area contributed by atoms with Crippen LogP contribution in [0.15, 0.2) is 58.5 Å². The Hall–Kier alpha value is -2.63. The van der Waals surface area contributed by atoms with Crippen LogP contribution in [-0.4, -0.2) is 57.9 Å². The molecular formula is C20H25N5O4S2. The number of benzene rings is 1. The predicted octanol–water partition coefficient (Wildman–Crippen LogP) is 2.38. The number of aromatic nitrogens is 2. The first-order valence-electron chi connectivity index (χ1n) is 9.97. The molecule has 0 bridgehead atoms. The van der Waals surface area contributed by atoms with Gasteiger partial charge in [-0.3, -0.25) is 4.72 Å². The van der Waals surface area contributed by atoms with Crippen molar-refractivity contribution >= 4 is 37.1 Å². The van der Waals surface area contributed by atoms with E-state index in [1.165, 1.54) is 38.4 Å². The minimum Gasteiger partial charge on any atom is -0.355 e. The van der Waals surface area contributed by atoms with Crippen molar-refractivity contribution in [1.29, 1.82) is 0 Å². The van der Waals surface area contributed by atoms with Crippen LogP contribution < -0.4 is 9.62 Å². The molecule has 0 amide bonds. The molecule has 1 aromatic carbocycles. The van der Waals surface area contributed by atoms with Crippen LogP contribution in [0.1, 0.15) is 19.3 Å². The Bertz CT molecular complexity index is 1290. The SMILES string of the molecule is CN(C)S(=O)(=O)c1ccc(S(=O)(=O)Nc2ccc3ccnn3c2N2CCCCC2)cc1. The molecule has 1 N–H and O–H groups in total. The van der Waals surface area contributed by atoms with Gasteiger partial charge in [-0.05, 0) is 61.7 Å². The van der Waals surface area contributed by atoms with Gasteiger partial charge in [0.2, 0.25) is 10.0 Å². The monoisotopic (exact) mass is 463 g/mol. The molecule has 1 aliphatic heterocycles. The molecule has 4 rings (SSSR count). The summed E-state index contributed by atoms with van der Waals surface area (Å²) in [5.41, 5.74) is 1.31. The van der Waals surface area contributed by atoms with Crippen molar-refractivity contribution in [3.63, 3.8) is 0 Å². The normalized spacial score (nSPS) is 15.5. The molecule has 0 atom stereocenters. The van der Waals surface area contributed by atoms with Gasteiger partial charge in [-0.2, -0.15) is 5.10 Å². The van der Waals surface area contributed by atoms with Crippen LogP contribution in [0.4, 0.5) is 11.5 Å². The Labute approximate surface area is 182 Å². The van der Waals surface area contributed by atoms with Gasteiger partial charge in [0.15, 0.2) is 5.82 Å². The number of pyridine rings is 1. The molecule has 0 radical (unpaired) electrons. The van der Waals surface area contributed by atoms with E-state index >= 15 is 0 Å². The Balaban J connectivity index is 1.70. The van der Waals surface area contributed by atoms with E-state index in [2.05, 4.69) is 14.7 Å². The summed E-state index contributed by atoms with van der Waals surface area (Å²) in [6.07, 6.45) is 4.90. The van der Waals surface area contributed by atoms with Crippen LogP contribution in [0.5, 0.6) is 0 Å². The number of nitrogens with zero attached hydrogens (tertiary/aromatic N) is 4. The highest BCUT2D eigenvalue weighted by molar-refractivity contribution is 7.92. The number of piperidine rings is 1. The summed E-state index contributed by atoms with van der Waals surface area (Å²) in [7, 11) is -4.72. The number of fused-ring (bicyclic) bond motifs is 1. The smallest absolute Gasteiger partial charge is 0.262 e. The maximum atomic E-state index is 13.1. The summed E-state index contributed by atoms with van der Waals surface area (Å²) in [5, 5.41) is 4.38. The third-order valence-electron chi connectivity index (χ3n) is 5.35. The van der Waals surface area contributed by atoms with Crippen molar-refractivity contribution in [2.75, 3.05) is 36.8 Å². The standard InChI is InChI=1S/C20H25N5O4S2/c1-23(2)31(28,29)18-9-7-17(8-10-18)30(26,27)22-19-11-6-16-12-13-21-25(16)20(19)24-14-4-3-5-15-24/h6-13,22H,3-5,14-15H2,1-2H3. The minimum atomic E-state index is -3.93. The Morgan fingerprint density at radius 1 is 0.871 bits per heavy atom. The number of anilines is 2. The van der Waals surface area contributed by atoms with Gasteiger partial charge in [-0.1, -0.05) is 0 Å². The van der Waals surface area contributed by atoms with Crippen molar-refractivity contribution in [1.82, 2.24) is 13.9 Å². The first-order valence-corrected chi connectivity index (χ1v) is 12.9. The van der Waals surface area contributed by atoms with E-state index in [0.29, 0.717) is 11.5 Å². The number of nitrogens with one attached hydrogen (secondary N) is 1. The van der Waals surface area contributed by atoms with E-state index in [1.807, 2.05) is 12.1 Å². The molecule has 1 fully saturated rings. The van der Waals surface area contributed by atoms with Crippen molar-refractivity contribution < 1.29 is 16.8 Å². The summed E-state index contributed by atoms with van der Waals surface area (Å²) >= 11 is 0. The van der Waals surface area contributed by atoms with Crippen LogP contribution >= 0.6 is 0 Å². The van der Waals surface area contributed by atoms with E-state index in [9.17, 15) is 16.8 Å². The fraction of sp³-hybridized carbons (Fsp3) is 0.350. The van der Waals surface area contributed by atoms with E-state index in [0.717, 1.165) is 42.2 Å². The highest BCUT2D eigenvalue weighted by Gasteiger charge is 2.24. The lowest BCUT2D eigenvalue weighted by Crippen LogP contribution is -2.32. The molecule has 0 aliphatic carbocycles. The second-order valence-corrected chi connectivity index (χ2v) is 11.5. The molecule has 31 heavy (non-hydrogen) atoms. The molecule has 166 valence electrons. The van der Waals surface area contributed by atoms with E-state index in [1.54, 1.807) is 16.8 Å². The van der Waals surface area contributed by atoms with Crippen LogP contribution in [0, 0.1) is 0 Å². The molecule has 0 spiro atoms. The molecule has 1 saturated heterocycles. The van der Waals surface area contributed by atoms with Gasteiger partial charge in [0.1, 0.15) is 0 Å². The van der Waals surface area contributed by atoms with Gasteiger partial charge in [-0.15, -0.1) is 0 Å². The molecule has 11 heteroatoms. The highest BCUT2D eigenvalue weighted by Crippen LogP contribution is 2.31. The van der Waals surface area contributed by atoms with Crippen LogP contribution in [0.3, 0.4) is 0 Å². The Morgan fingerprint density at radius 3 is 2.16 bits per heavy atom. The molecule has 0 unspecified atom stereocenters. The summed E-state index contributed by atoms with van der Waals surface area (Å²) in [6.45, 7) is 1.65. The lowest BCUT2D eigenvalue weighted by Gasteiger charge is -2.30. The van der Waals surface area contributed by atoms with Gasteiger partial charge in [-0.25, -0.2) is 25.7 Å². The molecule has 2 aromatic heterocycles. The quantitative estimate of drug-likeness (QED) is 0.602. The second-order valence-electron chi connectivity index (χ2n) is 7.65. The van der Waals surface area contributed by atoms with Crippen LogP contribution in [0.25, 0.3) is 5.52 Å². The fourth-order valence-electron chi connectivity index (χ4n) is 3.67. The summed E-state index contributed by atoms with van der Waals surface area (Å²) in [4.78, 5) is 2.16. The van der Waals surface area contributed by atoms with Crippen molar-refractivity contribution in [3.8, 4) is 0 Å². The molecule has 0 saturated carbocycles. The molecular weight excluding hydrogens is 438 g/mol. The largest absolute Gasteiger partial charge is 0.355 e. The van der Waals surface area contributed by atoms with Crippen LogP contribution in [0.2, 0.25) is 0 Å². The zero-order chi connectivity index (χ0) is 22.2. The van der Waals surface area contributed by atoms with Gasteiger partial charge in [0.05, 0.1) is 27.2 Å². The minimum absolute atomic E-state index is 0.0182. The zero-order valence-electron chi connectivity index (χ0n) is 17.4. The van der Waals surface area contributed by atoms with Gasteiger partial charge in [0.25, 0.3) is 10.0 Å². The predicted molar refractivity (Wildman–Crippen MR) is 119 cm³/mol. The molecule has 3 aromatic rings. The first kappa shape index (κ1) is 21.6. The van der Waals surface area contributed by atoms with Crippen molar-refractivity contribution in [3.05, 3.63) is 48.7 Å². The Morgan fingerprint density at radius 2 is 1.52 bits per heavy atom. The van der Waals surface area contributed by atoms with Gasteiger partial charge >= 0.3 is 0 Å². The number of hydrogen-bond acceptors (Lipinski definition) is 6. The highest BCUT2D eigenvalue weighted by atomic mass is 32.2. The summed E-state index contributed by atoms with van der Waals surface area (Å²) in [5.74, 6) is 0.706. The lowest BCUT2D eigenvalue weighted by atomic mass is 10.1. The third kappa shape index (κ3) is 4.12. The van der Waals surface area contributed by atoms with E-state index in [-0.39, 0.29) is 9.79 Å². The first-order chi connectivity index (χ1) is 14.7. The van der Waals surface area contributed by atoms with E-state index in [4.69, 9.17) is 0 Å². The molecule has 3 heterocycles. The van der Waals surface area contributed by atoms with Gasteiger partial charge < -0.3 is 4.90 Å². The van der Waals surface area contributed by atoms with E-state index < -0.39 is 20.0 Å². The van der Waals surface area contributed by atoms with Gasteiger partial charge in [0, 0.05) is 27.2 Å². The topological polar surface area (TPSA) is 104 Å². The fourth-order valence-corrected chi connectivity index (χ4v) is 5.63. The number of sulfonamides is 2. The Kier molecular flexibility index (Phi) is 5.67. The average molecular weight is 464 g/mol. The molecule has 1 aliphatic rings. The van der Waals surface area contributed by atoms with Crippen molar-refractivity contribution in [2.45, 2.75) is 29.1 Å².